The molecular weight excluding hydrogens is 251 g/mol. The lowest BCUT2D eigenvalue weighted by Gasteiger charge is -2.13. The van der Waals surface area contributed by atoms with Crippen molar-refractivity contribution in [2.75, 3.05) is 0 Å². The zero-order valence-corrected chi connectivity index (χ0v) is 11.0. The Balaban J connectivity index is 1.86. The van der Waals surface area contributed by atoms with Gasteiger partial charge in [-0.15, -0.1) is 0 Å². The van der Waals surface area contributed by atoms with Crippen molar-refractivity contribution in [3.8, 4) is 0 Å². The highest BCUT2D eigenvalue weighted by atomic mass is 19.1. The maximum Gasteiger partial charge on any atom is 0.123 e. The molecule has 0 aliphatic carbocycles. The van der Waals surface area contributed by atoms with Crippen molar-refractivity contribution < 1.29 is 4.39 Å². The van der Waals surface area contributed by atoms with Gasteiger partial charge in [0.25, 0.3) is 0 Å². The topological polar surface area (TPSA) is 38.9 Å². The third-order valence-electron chi connectivity index (χ3n) is 3.40. The average Bonchev–Trinajstić information content (AvgIpc) is 2.47. The maximum absolute atomic E-state index is 13.2. The molecule has 3 heteroatoms. The van der Waals surface area contributed by atoms with Crippen LogP contribution in [0.3, 0.4) is 0 Å². The van der Waals surface area contributed by atoms with Gasteiger partial charge >= 0.3 is 0 Å². The molecule has 1 heterocycles. The zero-order valence-electron chi connectivity index (χ0n) is 11.0. The van der Waals surface area contributed by atoms with Gasteiger partial charge in [-0.2, -0.15) is 0 Å². The molecule has 3 aromatic rings. The van der Waals surface area contributed by atoms with Crippen LogP contribution in [0.1, 0.15) is 17.2 Å². The van der Waals surface area contributed by atoms with Crippen molar-refractivity contribution in [2.24, 2.45) is 5.73 Å². The van der Waals surface area contributed by atoms with E-state index in [4.69, 9.17) is 5.73 Å². The van der Waals surface area contributed by atoms with E-state index in [2.05, 4.69) is 4.98 Å². The third kappa shape index (κ3) is 2.68. The first kappa shape index (κ1) is 12.8. The van der Waals surface area contributed by atoms with Gasteiger partial charge in [0.05, 0.1) is 5.52 Å². The monoisotopic (exact) mass is 266 g/mol. The Morgan fingerprint density at radius 3 is 2.80 bits per heavy atom. The van der Waals surface area contributed by atoms with Crippen LogP contribution in [0.4, 0.5) is 4.39 Å². The summed E-state index contributed by atoms with van der Waals surface area (Å²) in [6.07, 6.45) is 2.38. The predicted molar refractivity (Wildman–Crippen MR) is 78.8 cm³/mol. The number of nitrogens with zero attached hydrogens (tertiary/aromatic N) is 1. The maximum atomic E-state index is 13.2. The van der Waals surface area contributed by atoms with Gasteiger partial charge in [0.1, 0.15) is 5.82 Å². The van der Waals surface area contributed by atoms with Crippen molar-refractivity contribution in [1.29, 1.82) is 0 Å². The van der Waals surface area contributed by atoms with E-state index in [1.165, 1.54) is 12.1 Å². The van der Waals surface area contributed by atoms with Crippen molar-refractivity contribution in [3.63, 3.8) is 0 Å². The second-order valence-corrected chi connectivity index (χ2v) is 4.90. The van der Waals surface area contributed by atoms with E-state index in [1.54, 1.807) is 12.3 Å². The summed E-state index contributed by atoms with van der Waals surface area (Å²) in [7, 11) is 0. The quantitative estimate of drug-likeness (QED) is 0.786. The molecule has 1 atom stereocenters. The highest BCUT2D eigenvalue weighted by molar-refractivity contribution is 5.78. The van der Waals surface area contributed by atoms with Gasteiger partial charge in [0.15, 0.2) is 0 Å². The van der Waals surface area contributed by atoms with Gasteiger partial charge in [0, 0.05) is 17.6 Å². The summed E-state index contributed by atoms with van der Waals surface area (Å²) in [6, 6.07) is 16.4. The lowest BCUT2D eigenvalue weighted by molar-refractivity contribution is 0.622. The summed E-state index contributed by atoms with van der Waals surface area (Å²) in [5.74, 6) is -0.227. The highest BCUT2D eigenvalue weighted by Crippen LogP contribution is 2.20. The molecule has 3 rings (SSSR count). The van der Waals surface area contributed by atoms with Crippen molar-refractivity contribution in [1.82, 2.24) is 4.98 Å². The normalized spacial score (nSPS) is 12.5. The molecule has 0 saturated carbocycles. The molecule has 2 aromatic carbocycles. The van der Waals surface area contributed by atoms with Crippen LogP contribution in [-0.4, -0.2) is 4.98 Å². The fraction of sp³-hybridized carbons (Fsp3) is 0.118. The summed E-state index contributed by atoms with van der Waals surface area (Å²) in [5.41, 5.74) is 9.06. The van der Waals surface area contributed by atoms with Crippen LogP contribution in [0.2, 0.25) is 0 Å². The van der Waals surface area contributed by atoms with E-state index in [0.717, 1.165) is 22.0 Å². The van der Waals surface area contributed by atoms with Crippen LogP contribution in [0.15, 0.2) is 60.8 Å². The molecule has 20 heavy (non-hydrogen) atoms. The van der Waals surface area contributed by atoms with Crippen LogP contribution in [0.25, 0.3) is 10.9 Å². The van der Waals surface area contributed by atoms with Gasteiger partial charge < -0.3 is 5.73 Å². The number of hydrogen-bond acceptors (Lipinski definition) is 2. The second-order valence-electron chi connectivity index (χ2n) is 4.90. The predicted octanol–water partition coefficient (Wildman–Crippen LogP) is 3.62. The molecule has 1 aromatic heterocycles. The standard InChI is InChI=1S/C17H15FN2/c18-15-5-1-3-12(9-15)10-16(19)14-7-6-13-4-2-8-20-17(13)11-14/h1-9,11,16H,10,19H2. The molecule has 1 unspecified atom stereocenters. The Morgan fingerprint density at radius 1 is 1.05 bits per heavy atom. The van der Waals surface area contributed by atoms with E-state index in [0.29, 0.717) is 6.42 Å². The van der Waals surface area contributed by atoms with E-state index >= 15 is 0 Å². The fourth-order valence-corrected chi connectivity index (χ4v) is 2.35. The minimum Gasteiger partial charge on any atom is -0.324 e. The Bertz CT molecular complexity index is 740. The lowest BCUT2D eigenvalue weighted by atomic mass is 9.98. The van der Waals surface area contributed by atoms with Crippen LogP contribution in [0, 0.1) is 5.82 Å². The number of aromatic nitrogens is 1. The van der Waals surface area contributed by atoms with Crippen LogP contribution < -0.4 is 5.73 Å². The Kier molecular flexibility index (Phi) is 3.44. The number of benzene rings is 2. The molecule has 0 spiro atoms. The molecule has 2 nitrogen and oxygen atoms in total. The van der Waals surface area contributed by atoms with Crippen molar-refractivity contribution >= 4 is 10.9 Å². The molecule has 0 amide bonds. The molecular formula is C17H15FN2. The summed E-state index contributed by atoms with van der Waals surface area (Å²) < 4.78 is 13.2. The number of hydrogen-bond donors (Lipinski definition) is 1. The average molecular weight is 266 g/mol. The third-order valence-corrected chi connectivity index (χ3v) is 3.40. The van der Waals surface area contributed by atoms with Crippen molar-refractivity contribution in [2.45, 2.75) is 12.5 Å². The number of pyridine rings is 1. The Hall–Kier alpha value is -2.26. The smallest absolute Gasteiger partial charge is 0.123 e. The van der Waals surface area contributed by atoms with E-state index in [-0.39, 0.29) is 11.9 Å². The Morgan fingerprint density at radius 2 is 1.95 bits per heavy atom. The fourth-order valence-electron chi connectivity index (χ4n) is 2.35. The number of rotatable bonds is 3. The molecule has 0 aliphatic heterocycles. The van der Waals surface area contributed by atoms with Crippen molar-refractivity contribution in [3.05, 3.63) is 77.7 Å². The van der Waals surface area contributed by atoms with Gasteiger partial charge in [-0.05, 0) is 41.8 Å². The summed E-state index contributed by atoms with van der Waals surface area (Å²) in [4.78, 5) is 4.33. The molecule has 2 N–H and O–H groups in total. The van der Waals surface area contributed by atoms with E-state index < -0.39 is 0 Å². The van der Waals surface area contributed by atoms with Crippen LogP contribution in [-0.2, 0) is 6.42 Å². The SMILES string of the molecule is NC(Cc1cccc(F)c1)c1ccc2cccnc2c1. The largest absolute Gasteiger partial charge is 0.324 e. The Labute approximate surface area is 117 Å². The van der Waals surface area contributed by atoms with Crippen LogP contribution in [0.5, 0.6) is 0 Å². The molecule has 0 aliphatic rings. The minimum absolute atomic E-state index is 0.164. The van der Waals surface area contributed by atoms with Gasteiger partial charge in [-0.25, -0.2) is 4.39 Å². The summed E-state index contributed by atoms with van der Waals surface area (Å²) >= 11 is 0. The molecule has 0 bridgehead atoms. The summed E-state index contributed by atoms with van der Waals surface area (Å²) in [6.45, 7) is 0. The van der Waals surface area contributed by atoms with E-state index in [9.17, 15) is 4.39 Å². The number of fused-ring (bicyclic) bond motifs is 1. The minimum atomic E-state index is -0.227. The molecule has 100 valence electrons. The van der Waals surface area contributed by atoms with E-state index in [1.807, 2.05) is 36.4 Å². The first-order valence-electron chi connectivity index (χ1n) is 6.57. The van der Waals surface area contributed by atoms with Gasteiger partial charge in [0.2, 0.25) is 0 Å². The lowest BCUT2D eigenvalue weighted by Crippen LogP contribution is -2.13. The van der Waals surface area contributed by atoms with Gasteiger partial charge in [-0.1, -0.05) is 30.3 Å². The summed E-state index contributed by atoms with van der Waals surface area (Å²) in [5, 5.41) is 1.09. The van der Waals surface area contributed by atoms with Gasteiger partial charge in [-0.3, -0.25) is 4.98 Å². The highest BCUT2D eigenvalue weighted by Gasteiger charge is 2.08. The molecule has 0 saturated heterocycles. The zero-order chi connectivity index (χ0) is 13.9. The molecule has 0 fully saturated rings. The number of halogens is 1. The van der Waals surface area contributed by atoms with Crippen LogP contribution >= 0.6 is 0 Å². The first-order valence-corrected chi connectivity index (χ1v) is 6.57. The number of nitrogens with two attached hydrogens (primary N) is 1. The molecule has 0 radical (unpaired) electrons. The first-order chi connectivity index (χ1) is 9.72. The second kappa shape index (κ2) is 5.39.